The molecule has 4 heteroatoms. The molecule has 4 N–H and O–H groups in total. The number of rotatable bonds is 4. The zero-order valence-electron chi connectivity index (χ0n) is 9.91. The first kappa shape index (κ1) is 11.9. The molecule has 0 spiro atoms. The fraction of sp³-hybridized carbons (Fsp3) is 0.462. The molecule has 1 saturated heterocycles. The molecule has 1 aliphatic rings. The van der Waals surface area contributed by atoms with Crippen LogP contribution in [0, 0.1) is 5.92 Å². The fourth-order valence-electron chi connectivity index (χ4n) is 2.14. The van der Waals surface area contributed by atoms with E-state index in [2.05, 4.69) is 10.6 Å². The van der Waals surface area contributed by atoms with Crippen molar-refractivity contribution in [1.82, 2.24) is 5.32 Å². The second-order valence-electron chi connectivity index (χ2n) is 4.54. The van der Waals surface area contributed by atoms with Gasteiger partial charge in [0.2, 0.25) is 5.91 Å². The first-order valence-corrected chi connectivity index (χ1v) is 6.10. The van der Waals surface area contributed by atoms with Gasteiger partial charge in [0, 0.05) is 17.8 Å². The van der Waals surface area contributed by atoms with Gasteiger partial charge in [-0.05, 0) is 50.0 Å². The van der Waals surface area contributed by atoms with Crippen molar-refractivity contribution in [3.63, 3.8) is 0 Å². The number of anilines is 1. The normalized spacial score (nSPS) is 19.9. The highest BCUT2D eigenvalue weighted by molar-refractivity contribution is 5.93. The summed E-state index contributed by atoms with van der Waals surface area (Å²) in [6.07, 6.45) is 2.50. The summed E-state index contributed by atoms with van der Waals surface area (Å²) in [5, 5.41) is 6.75. The maximum absolute atomic E-state index is 11.0. The zero-order valence-corrected chi connectivity index (χ0v) is 9.91. The average molecular weight is 233 g/mol. The first-order chi connectivity index (χ1) is 8.25. The molecular formula is C13H19N3O. The molecule has 0 saturated carbocycles. The van der Waals surface area contributed by atoms with Crippen LogP contribution in [0.2, 0.25) is 0 Å². The third-order valence-electron chi connectivity index (χ3n) is 3.14. The number of primary amides is 1. The summed E-state index contributed by atoms with van der Waals surface area (Å²) in [5.41, 5.74) is 6.76. The molecule has 0 radical (unpaired) electrons. The van der Waals surface area contributed by atoms with Gasteiger partial charge >= 0.3 is 0 Å². The van der Waals surface area contributed by atoms with Gasteiger partial charge in [0.1, 0.15) is 0 Å². The molecule has 17 heavy (non-hydrogen) atoms. The highest BCUT2D eigenvalue weighted by Crippen LogP contribution is 2.14. The number of hydrogen-bond donors (Lipinski definition) is 3. The minimum atomic E-state index is -0.381. The molecule has 0 aliphatic carbocycles. The first-order valence-electron chi connectivity index (χ1n) is 6.10. The summed E-state index contributed by atoms with van der Waals surface area (Å²) in [6, 6.07) is 7.35. The highest BCUT2D eigenvalue weighted by atomic mass is 16.1. The number of carbonyl (C=O) groups is 1. The summed E-state index contributed by atoms with van der Waals surface area (Å²) < 4.78 is 0. The van der Waals surface area contributed by atoms with E-state index >= 15 is 0 Å². The van der Waals surface area contributed by atoms with Gasteiger partial charge in [-0.1, -0.05) is 6.07 Å². The van der Waals surface area contributed by atoms with Crippen LogP contribution in [-0.2, 0) is 0 Å². The standard InChI is InChI=1S/C13H19N3O/c14-13(17)11-4-1-5-12(7-11)16-9-10-3-2-6-15-8-10/h1,4-5,7,10,15-16H,2-3,6,8-9H2,(H2,14,17). The Bertz CT molecular complexity index is 386. The molecule has 2 rings (SSSR count). The molecule has 1 aromatic carbocycles. The summed E-state index contributed by atoms with van der Waals surface area (Å²) in [5.74, 6) is 0.286. The van der Waals surface area contributed by atoms with Gasteiger partial charge in [-0.25, -0.2) is 0 Å². The van der Waals surface area contributed by atoms with Crippen LogP contribution in [0.15, 0.2) is 24.3 Å². The summed E-state index contributed by atoms with van der Waals surface area (Å²) in [4.78, 5) is 11.0. The van der Waals surface area contributed by atoms with E-state index in [1.807, 2.05) is 12.1 Å². The van der Waals surface area contributed by atoms with Crippen molar-refractivity contribution in [2.45, 2.75) is 12.8 Å². The number of carbonyl (C=O) groups excluding carboxylic acids is 1. The molecule has 92 valence electrons. The Hall–Kier alpha value is -1.55. The fourth-order valence-corrected chi connectivity index (χ4v) is 2.14. The summed E-state index contributed by atoms with van der Waals surface area (Å²) >= 11 is 0. The second kappa shape index (κ2) is 5.68. The maximum Gasteiger partial charge on any atom is 0.248 e. The monoisotopic (exact) mass is 233 g/mol. The molecule has 1 aromatic rings. The number of hydrogen-bond acceptors (Lipinski definition) is 3. The largest absolute Gasteiger partial charge is 0.385 e. The van der Waals surface area contributed by atoms with Crippen LogP contribution in [0.4, 0.5) is 5.69 Å². The Labute approximate surface area is 102 Å². The summed E-state index contributed by atoms with van der Waals surface area (Å²) in [6.45, 7) is 3.14. The minimum absolute atomic E-state index is 0.381. The second-order valence-corrected chi connectivity index (χ2v) is 4.54. The van der Waals surface area contributed by atoms with Crippen LogP contribution in [0.1, 0.15) is 23.2 Å². The van der Waals surface area contributed by atoms with Gasteiger partial charge in [0.25, 0.3) is 0 Å². The quantitative estimate of drug-likeness (QED) is 0.732. The predicted octanol–water partition coefficient (Wildman–Crippen LogP) is 1.20. The van der Waals surface area contributed by atoms with E-state index in [4.69, 9.17) is 5.73 Å². The van der Waals surface area contributed by atoms with Crippen molar-refractivity contribution in [3.05, 3.63) is 29.8 Å². The molecule has 0 aromatic heterocycles. The van der Waals surface area contributed by atoms with Crippen molar-refractivity contribution >= 4 is 11.6 Å². The van der Waals surface area contributed by atoms with Crippen LogP contribution >= 0.6 is 0 Å². The van der Waals surface area contributed by atoms with Crippen molar-refractivity contribution < 1.29 is 4.79 Å². The number of piperidine rings is 1. The lowest BCUT2D eigenvalue weighted by Gasteiger charge is -2.23. The lowest BCUT2D eigenvalue weighted by atomic mass is 9.99. The van der Waals surface area contributed by atoms with Gasteiger partial charge in [0.05, 0.1) is 0 Å². The molecule has 1 atom stereocenters. The Morgan fingerprint density at radius 2 is 2.41 bits per heavy atom. The predicted molar refractivity (Wildman–Crippen MR) is 69.0 cm³/mol. The Balaban J connectivity index is 1.89. The number of nitrogens with two attached hydrogens (primary N) is 1. The van der Waals surface area contributed by atoms with Crippen molar-refractivity contribution in [2.75, 3.05) is 25.0 Å². The van der Waals surface area contributed by atoms with E-state index in [-0.39, 0.29) is 5.91 Å². The molecule has 4 nitrogen and oxygen atoms in total. The lowest BCUT2D eigenvalue weighted by molar-refractivity contribution is 0.100. The smallest absolute Gasteiger partial charge is 0.248 e. The average Bonchev–Trinajstić information content (AvgIpc) is 2.38. The van der Waals surface area contributed by atoms with Crippen LogP contribution in [0.25, 0.3) is 0 Å². The maximum atomic E-state index is 11.0. The van der Waals surface area contributed by atoms with Crippen molar-refractivity contribution in [1.29, 1.82) is 0 Å². The van der Waals surface area contributed by atoms with Gasteiger partial charge in [0.15, 0.2) is 0 Å². The minimum Gasteiger partial charge on any atom is -0.385 e. The van der Waals surface area contributed by atoms with E-state index in [0.717, 1.165) is 25.3 Å². The van der Waals surface area contributed by atoms with E-state index in [1.54, 1.807) is 12.1 Å². The van der Waals surface area contributed by atoms with E-state index < -0.39 is 0 Å². The van der Waals surface area contributed by atoms with Crippen LogP contribution < -0.4 is 16.4 Å². The SMILES string of the molecule is NC(=O)c1cccc(NCC2CCCNC2)c1. The Morgan fingerprint density at radius 1 is 1.53 bits per heavy atom. The number of nitrogens with one attached hydrogen (secondary N) is 2. The molecule has 1 aliphatic heterocycles. The Morgan fingerprint density at radius 3 is 3.12 bits per heavy atom. The molecule has 0 bridgehead atoms. The topological polar surface area (TPSA) is 67.2 Å². The van der Waals surface area contributed by atoms with E-state index in [1.165, 1.54) is 12.8 Å². The zero-order chi connectivity index (χ0) is 12.1. The third kappa shape index (κ3) is 3.46. The number of benzene rings is 1. The van der Waals surface area contributed by atoms with Crippen molar-refractivity contribution in [3.8, 4) is 0 Å². The molecular weight excluding hydrogens is 214 g/mol. The van der Waals surface area contributed by atoms with Gasteiger partial charge < -0.3 is 16.4 Å². The van der Waals surface area contributed by atoms with Gasteiger partial charge in [-0.15, -0.1) is 0 Å². The molecule has 1 unspecified atom stereocenters. The van der Waals surface area contributed by atoms with Crippen molar-refractivity contribution in [2.24, 2.45) is 11.7 Å². The number of amides is 1. The highest BCUT2D eigenvalue weighted by Gasteiger charge is 2.12. The van der Waals surface area contributed by atoms with E-state index in [0.29, 0.717) is 11.5 Å². The lowest BCUT2D eigenvalue weighted by Crippen LogP contribution is -2.33. The van der Waals surface area contributed by atoms with Gasteiger partial charge in [-0.2, -0.15) is 0 Å². The molecule has 1 fully saturated rings. The summed E-state index contributed by atoms with van der Waals surface area (Å²) in [7, 11) is 0. The Kier molecular flexibility index (Phi) is 3.98. The van der Waals surface area contributed by atoms with Crippen LogP contribution in [0.5, 0.6) is 0 Å². The van der Waals surface area contributed by atoms with Crippen LogP contribution in [0.3, 0.4) is 0 Å². The van der Waals surface area contributed by atoms with Gasteiger partial charge in [-0.3, -0.25) is 4.79 Å². The molecule has 1 heterocycles. The van der Waals surface area contributed by atoms with E-state index in [9.17, 15) is 4.79 Å². The molecule has 1 amide bonds. The van der Waals surface area contributed by atoms with Crippen LogP contribution in [-0.4, -0.2) is 25.5 Å². The third-order valence-corrected chi connectivity index (χ3v) is 3.14.